The molecule has 0 radical (unpaired) electrons. The maximum absolute atomic E-state index is 14.5. The summed E-state index contributed by atoms with van der Waals surface area (Å²) < 4.78 is 2.31. The second-order valence-electron chi connectivity index (χ2n) is 12.4. The predicted molar refractivity (Wildman–Crippen MR) is 181 cm³/mol. The molecule has 3 heterocycles. The van der Waals surface area contributed by atoms with Crippen LogP contribution in [-0.4, -0.2) is 84.1 Å². The number of amides is 1. The van der Waals surface area contributed by atoms with Gasteiger partial charge in [-0.05, 0) is 49.6 Å². The van der Waals surface area contributed by atoms with E-state index in [0.717, 1.165) is 57.1 Å². The molecule has 6 rings (SSSR count). The molecule has 0 bridgehead atoms. The topological polar surface area (TPSA) is 35.0 Å². The molecule has 2 saturated heterocycles. The van der Waals surface area contributed by atoms with Crippen molar-refractivity contribution in [1.82, 2.24) is 19.3 Å². The van der Waals surface area contributed by atoms with Gasteiger partial charge in [-0.2, -0.15) is 0 Å². The van der Waals surface area contributed by atoms with Crippen LogP contribution >= 0.6 is 0 Å². The van der Waals surface area contributed by atoms with Crippen molar-refractivity contribution in [3.05, 3.63) is 124 Å². The minimum Gasteiger partial charge on any atom is -0.367 e. The van der Waals surface area contributed by atoms with Crippen LogP contribution in [0.1, 0.15) is 57.0 Å². The molecule has 0 unspecified atom stereocenters. The molecule has 2 aliphatic rings. The molecule has 0 saturated carbocycles. The fourth-order valence-corrected chi connectivity index (χ4v) is 7.28. The van der Waals surface area contributed by atoms with Crippen molar-refractivity contribution in [2.45, 2.75) is 40.3 Å². The van der Waals surface area contributed by atoms with Crippen LogP contribution in [0.25, 0.3) is 0 Å². The van der Waals surface area contributed by atoms with Crippen LogP contribution in [0.5, 0.6) is 0 Å². The third kappa shape index (κ3) is 6.06. The molecular formula is C38H47N5O. The SMILES string of the molecule is CCN1CCN(c2c(C)c(C(=O)N3CCN(C(c4ccccc4)c4ccccc4)CC3)n(Cc3ccccc3C)c2C)CC1. The highest BCUT2D eigenvalue weighted by molar-refractivity contribution is 5.97. The first-order valence-corrected chi connectivity index (χ1v) is 16.3. The van der Waals surface area contributed by atoms with Gasteiger partial charge < -0.3 is 19.3 Å². The van der Waals surface area contributed by atoms with Gasteiger partial charge in [-0.15, -0.1) is 0 Å². The van der Waals surface area contributed by atoms with E-state index < -0.39 is 0 Å². The third-order valence-corrected chi connectivity index (χ3v) is 9.85. The van der Waals surface area contributed by atoms with Gasteiger partial charge >= 0.3 is 0 Å². The van der Waals surface area contributed by atoms with Crippen molar-refractivity contribution in [3.63, 3.8) is 0 Å². The maximum Gasteiger partial charge on any atom is 0.270 e. The molecule has 6 heteroatoms. The van der Waals surface area contributed by atoms with Gasteiger partial charge in [0.2, 0.25) is 0 Å². The van der Waals surface area contributed by atoms with Gasteiger partial charge in [0, 0.05) is 70.2 Å². The monoisotopic (exact) mass is 589 g/mol. The number of carbonyl (C=O) groups excluding carboxylic acids is 1. The lowest BCUT2D eigenvalue weighted by atomic mass is 9.96. The van der Waals surface area contributed by atoms with Gasteiger partial charge in [-0.1, -0.05) is 91.9 Å². The number of anilines is 1. The number of hydrogen-bond acceptors (Lipinski definition) is 4. The molecule has 2 aliphatic heterocycles. The highest BCUT2D eigenvalue weighted by atomic mass is 16.2. The first kappa shape index (κ1) is 30.2. The Morgan fingerprint density at radius 2 is 1.27 bits per heavy atom. The first-order valence-electron chi connectivity index (χ1n) is 16.3. The molecule has 1 aromatic heterocycles. The molecular weight excluding hydrogens is 542 g/mol. The maximum atomic E-state index is 14.5. The highest BCUT2D eigenvalue weighted by Gasteiger charge is 2.33. The number of hydrogen-bond donors (Lipinski definition) is 0. The summed E-state index contributed by atoms with van der Waals surface area (Å²) in [6.07, 6.45) is 0. The minimum absolute atomic E-state index is 0.160. The number of aromatic nitrogens is 1. The first-order chi connectivity index (χ1) is 21.5. The number of benzene rings is 3. The summed E-state index contributed by atoms with van der Waals surface area (Å²) in [7, 11) is 0. The predicted octanol–water partition coefficient (Wildman–Crippen LogP) is 6.15. The molecule has 2 fully saturated rings. The second kappa shape index (κ2) is 13.4. The highest BCUT2D eigenvalue weighted by Crippen LogP contribution is 2.35. The molecule has 6 nitrogen and oxygen atoms in total. The van der Waals surface area contributed by atoms with Crippen LogP contribution in [0.15, 0.2) is 84.9 Å². The Labute approximate surface area is 263 Å². The summed E-state index contributed by atoms with van der Waals surface area (Å²) in [6, 6.07) is 30.3. The van der Waals surface area contributed by atoms with E-state index >= 15 is 0 Å². The molecule has 0 aliphatic carbocycles. The number of rotatable bonds is 8. The van der Waals surface area contributed by atoms with Crippen molar-refractivity contribution in [3.8, 4) is 0 Å². The average Bonchev–Trinajstić information content (AvgIpc) is 3.31. The quantitative estimate of drug-likeness (QED) is 0.247. The zero-order chi connectivity index (χ0) is 30.6. The smallest absolute Gasteiger partial charge is 0.270 e. The van der Waals surface area contributed by atoms with E-state index in [4.69, 9.17) is 0 Å². The van der Waals surface area contributed by atoms with Crippen molar-refractivity contribution >= 4 is 11.6 Å². The van der Waals surface area contributed by atoms with Crippen molar-refractivity contribution in [2.75, 3.05) is 63.8 Å². The molecule has 3 aromatic carbocycles. The second-order valence-corrected chi connectivity index (χ2v) is 12.4. The van der Waals surface area contributed by atoms with Crippen LogP contribution < -0.4 is 4.90 Å². The lowest BCUT2D eigenvalue weighted by Crippen LogP contribution is -2.50. The normalized spacial score (nSPS) is 16.6. The number of carbonyl (C=O) groups is 1. The van der Waals surface area contributed by atoms with Crippen molar-refractivity contribution in [1.29, 1.82) is 0 Å². The molecule has 1 amide bonds. The van der Waals surface area contributed by atoms with E-state index in [0.29, 0.717) is 19.6 Å². The van der Waals surface area contributed by atoms with Crippen LogP contribution in [0.4, 0.5) is 5.69 Å². The summed E-state index contributed by atoms with van der Waals surface area (Å²) in [5.41, 5.74) is 9.55. The molecule has 230 valence electrons. The third-order valence-electron chi connectivity index (χ3n) is 9.85. The van der Waals surface area contributed by atoms with Crippen LogP contribution in [-0.2, 0) is 6.54 Å². The Hall–Kier alpha value is -3.87. The van der Waals surface area contributed by atoms with Gasteiger partial charge in [-0.25, -0.2) is 0 Å². The summed E-state index contributed by atoms with van der Waals surface area (Å²) in [5, 5.41) is 0. The van der Waals surface area contributed by atoms with Crippen molar-refractivity contribution in [2.24, 2.45) is 0 Å². The average molecular weight is 590 g/mol. The van der Waals surface area contributed by atoms with E-state index in [1.54, 1.807) is 0 Å². The lowest BCUT2D eigenvalue weighted by Gasteiger charge is -2.40. The lowest BCUT2D eigenvalue weighted by molar-refractivity contribution is 0.0586. The Bertz CT molecular complexity index is 1510. The zero-order valence-corrected chi connectivity index (χ0v) is 26.9. The molecule has 4 aromatic rings. The van der Waals surface area contributed by atoms with Gasteiger partial charge in [0.1, 0.15) is 5.69 Å². The fraction of sp³-hybridized carbons (Fsp3) is 0.395. The van der Waals surface area contributed by atoms with Gasteiger partial charge in [0.15, 0.2) is 0 Å². The molecule has 0 atom stereocenters. The standard InChI is InChI=1S/C38H47N5O/c1-5-39-20-22-40(23-21-39)35-30(3)36(43(31(35)4)28-34-19-13-12-14-29(34)2)38(44)42-26-24-41(25-27-42)37(32-15-8-6-9-16-32)33-17-10-7-11-18-33/h6-19,37H,5,20-28H2,1-4H3. The van der Waals surface area contributed by atoms with E-state index in [9.17, 15) is 4.79 Å². The summed E-state index contributed by atoms with van der Waals surface area (Å²) in [6.45, 7) is 17.8. The van der Waals surface area contributed by atoms with Crippen LogP contribution in [0, 0.1) is 20.8 Å². The van der Waals surface area contributed by atoms with Gasteiger partial charge in [0.25, 0.3) is 5.91 Å². The number of nitrogens with zero attached hydrogens (tertiary/aromatic N) is 5. The Balaban J connectivity index is 1.28. The summed E-state index contributed by atoms with van der Waals surface area (Å²) >= 11 is 0. The van der Waals surface area contributed by atoms with E-state index in [-0.39, 0.29) is 11.9 Å². The Morgan fingerprint density at radius 3 is 1.84 bits per heavy atom. The zero-order valence-electron chi connectivity index (χ0n) is 26.9. The fourth-order valence-electron chi connectivity index (χ4n) is 7.28. The van der Waals surface area contributed by atoms with E-state index in [1.165, 1.54) is 33.6 Å². The number of likely N-dealkylation sites (N-methyl/N-ethyl adjacent to an activating group) is 1. The Kier molecular flexibility index (Phi) is 9.20. The molecule has 44 heavy (non-hydrogen) atoms. The van der Waals surface area contributed by atoms with Crippen molar-refractivity contribution < 1.29 is 4.79 Å². The minimum atomic E-state index is 0.160. The van der Waals surface area contributed by atoms with Gasteiger partial charge in [0.05, 0.1) is 11.7 Å². The molecule has 0 N–H and O–H groups in total. The number of aryl methyl sites for hydroxylation is 1. The van der Waals surface area contributed by atoms with Gasteiger partial charge in [-0.3, -0.25) is 9.69 Å². The van der Waals surface area contributed by atoms with E-state index in [1.807, 2.05) is 0 Å². The summed E-state index contributed by atoms with van der Waals surface area (Å²) in [5.74, 6) is 0.160. The molecule has 0 spiro atoms. The summed E-state index contributed by atoms with van der Waals surface area (Å²) in [4.78, 5) is 24.2. The van der Waals surface area contributed by atoms with E-state index in [2.05, 4.69) is 137 Å². The number of piperazine rings is 2. The van der Waals surface area contributed by atoms with Crippen LogP contribution in [0.2, 0.25) is 0 Å². The Morgan fingerprint density at radius 1 is 0.705 bits per heavy atom. The largest absolute Gasteiger partial charge is 0.367 e. The van der Waals surface area contributed by atoms with Crippen LogP contribution in [0.3, 0.4) is 0 Å².